The summed E-state index contributed by atoms with van der Waals surface area (Å²) in [7, 11) is 1.78. The number of likely N-dealkylation sites (tertiary alicyclic amines) is 1. The first-order valence-corrected chi connectivity index (χ1v) is 8.39. The van der Waals surface area contributed by atoms with Gasteiger partial charge in [-0.15, -0.1) is 0 Å². The molecule has 3 nitrogen and oxygen atoms in total. The molecule has 22 heavy (non-hydrogen) atoms. The number of fused-ring (bicyclic) bond motifs is 4. The molecule has 1 N–H and O–H groups in total. The maximum absolute atomic E-state index is 10.4. The van der Waals surface area contributed by atoms with Crippen molar-refractivity contribution in [2.45, 2.75) is 58.1 Å². The first kappa shape index (κ1) is 15.8. The number of hydrogen-bond acceptors (Lipinski definition) is 3. The molecule has 0 unspecified atom stereocenters. The molecule has 3 heteroatoms. The van der Waals surface area contributed by atoms with Crippen LogP contribution in [-0.4, -0.2) is 42.4 Å². The summed E-state index contributed by atoms with van der Waals surface area (Å²) in [6.45, 7) is 11.4. The largest absolute Gasteiger partial charge is 0.508 e. The Balaban J connectivity index is 2.04. The van der Waals surface area contributed by atoms with Gasteiger partial charge in [-0.25, -0.2) is 0 Å². The van der Waals surface area contributed by atoms with Crippen molar-refractivity contribution in [3.63, 3.8) is 0 Å². The summed E-state index contributed by atoms with van der Waals surface area (Å²) in [4.78, 5) is 2.57. The second kappa shape index (κ2) is 5.24. The van der Waals surface area contributed by atoms with E-state index >= 15 is 0 Å². The van der Waals surface area contributed by atoms with Crippen LogP contribution < -0.4 is 0 Å². The third-order valence-electron chi connectivity index (χ3n) is 6.63. The molecule has 0 radical (unpaired) electrons. The molecule has 0 saturated carbocycles. The van der Waals surface area contributed by atoms with Crippen LogP contribution >= 0.6 is 0 Å². The van der Waals surface area contributed by atoms with Gasteiger partial charge in [0.25, 0.3) is 0 Å². The van der Waals surface area contributed by atoms with Crippen molar-refractivity contribution < 1.29 is 9.84 Å². The van der Waals surface area contributed by atoms with Gasteiger partial charge in [-0.1, -0.05) is 32.9 Å². The Morgan fingerprint density at radius 3 is 2.77 bits per heavy atom. The minimum atomic E-state index is 0.122. The number of phenols is 1. The van der Waals surface area contributed by atoms with E-state index in [-0.39, 0.29) is 16.9 Å². The quantitative estimate of drug-likeness (QED) is 0.929. The average Bonchev–Trinajstić information content (AvgIpc) is 2.46. The SMILES string of the molecule is CO[C@H](C)CN1CC[C@]2(C)c3cccc(O)c3C[C@H]1C2(C)C. The van der Waals surface area contributed by atoms with Crippen molar-refractivity contribution in [1.82, 2.24) is 4.90 Å². The van der Waals surface area contributed by atoms with E-state index in [4.69, 9.17) is 4.74 Å². The summed E-state index contributed by atoms with van der Waals surface area (Å²) in [5, 5.41) is 10.4. The highest BCUT2D eigenvalue weighted by Crippen LogP contribution is 2.57. The van der Waals surface area contributed by atoms with E-state index in [0.717, 1.165) is 31.5 Å². The predicted octanol–water partition coefficient (Wildman–Crippen LogP) is 3.34. The van der Waals surface area contributed by atoms with Crippen LogP contribution in [0.15, 0.2) is 18.2 Å². The number of phenolic OH excluding ortho intramolecular Hbond substituents is 1. The van der Waals surface area contributed by atoms with Gasteiger partial charge < -0.3 is 9.84 Å². The Bertz CT molecular complexity index is 569. The molecule has 1 aromatic rings. The number of ether oxygens (including phenoxy) is 1. The Morgan fingerprint density at radius 2 is 2.09 bits per heavy atom. The highest BCUT2D eigenvalue weighted by Gasteiger charge is 2.56. The van der Waals surface area contributed by atoms with Crippen molar-refractivity contribution in [1.29, 1.82) is 0 Å². The molecular formula is C19H29NO2. The summed E-state index contributed by atoms with van der Waals surface area (Å²) in [6, 6.07) is 6.50. The van der Waals surface area contributed by atoms with Crippen LogP contribution in [0.4, 0.5) is 0 Å². The number of nitrogens with zero attached hydrogens (tertiary/aromatic N) is 1. The van der Waals surface area contributed by atoms with Crippen LogP contribution in [0.25, 0.3) is 0 Å². The molecule has 1 aliphatic carbocycles. The van der Waals surface area contributed by atoms with Gasteiger partial charge in [0.1, 0.15) is 5.75 Å². The predicted molar refractivity (Wildman–Crippen MR) is 89.4 cm³/mol. The van der Waals surface area contributed by atoms with Gasteiger partial charge in [-0.3, -0.25) is 4.90 Å². The second-order valence-corrected chi connectivity index (χ2v) is 7.87. The molecule has 1 aliphatic heterocycles. The van der Waals surface area contributed by atoms with Crippen LogP contribution in [0.5, 0.6) is 5.75 Å². The van der Waals surface area contributed by atoms with Crippen LogP contribution in [0, 0.1) is 5.41 Å². The zero-order chi connectivity index (χ0) is 16.1. The van der Waals surface area contributed by atoms with Crippen LogP contribution in [0.3, 0.4) is 0 Å². The summed E-state index contributed by atoms with van der Waals surface area (Å²) < 4.78 is 5.49. The molecule has 0 amide bonds. The molecular weight excluding hydrogens is 274 g/mol. The standard InChI is InChI=1S/C19H29NO2/c1-13(22-5)12-20-10-9-19(4)15-7-6-8-16(21)14(15)11-17(20)18(19,2)3/h6-8,13,17,21H,9-12H2,1-5H3/t13-,17+,19-/m1/s1. The van der Waals surface area contributed by atoms with E-state index in [0.29, 0.717) is 11.8 Å². The van der Waals surface area contributed by atoms with Crippen molar-refractivity contribution in [2.75, 3.05) is 20.2 Å². The smallest absolute Gasteiger partial charge is 0.119 e. The van der Waals surface area contributed by atoms with Gasteiger partial charge in [0.15, 0.2) is 0 Å². The van der Waals surface area contributed by atoms with Crippen LogP contribution in [0.1, 0.15) is 45.2 Å². The molecule has 2 aliphatic rings. The maximum atomic E-state index is 10.4. The van der Waals surface area contributed by atoms with E-state index < -0.39 is 0 Å². The van der Waals surface area contributed by atoms with E-state index in [1.165, 1.54) is 5.56 Å². The molecule has 1 saturated heterocycles. The molecule has 2 bridgehead atoms. The highest BCUT2D eigenvalue weighted by atomic mass is 16.5. The lowest BCUT2D eigenvalue weighted by molar-refractivity contribution is -0.0572. The zero-order valence-electron chi connectivity index (χ0n) is 14.5. The van der Waals surface area contributed by atoms with E-state index in [1.807, 2.05) is 12.1 Å². The lowest BCUT2D eigenvalue weighted by atomic mass is 9.51. The maximum Gasteiger partial charge on any atom is 0.119 e. The molecule has 1 heterocycles. The minimum absolute atomic E-state index is 0.122. The van der Waals surface area contributed by atoms with Crippen molar-refractivity contribution in [3.05, 3.63) is 29.3 Å². The van der Waals surface area contributed by atoms with E-state index in [9.17, 15) is 5.11 Å². The molecule has 3 atom stereocenters. The topological polar surface area (TPSA) is 32.7 Å². The van der Waals surface area contributed by atoms with Crippen LogP contribution in [-0.2, 0) is 16.6 Å². The normalized spacial score (nSPS) is 31.6. The van der Waals surface area contributed by atoms with E-state index in [1.54, 1.807) is 7.11 Å². The van der Waals surface area contributed by atoms with Gasteiger partial charge in [0.05, 0.1) is 6.10 Å². The Hall–Kier alpha value is -1.06. The first-order valence-electron chi connectivity index (χ1n) is 8.39. The third-order valence-corrected chi connectivity index (χ3v) is 6.63. The summed E-state index contributed by atoms with van der Waals surface area (Å²) >= 11 is 0. The zero-order valence-corrected chi connectivity index (χ0v) is 14.5. The number of rotatable bonds is 3. The summed E-state index contributed by atoms with van der Waals surface area (Å²) in [5.74, 6) is 0.464. The van der Waals surface area contributed by atoms with Crippen molar-refractivity contribution >= 4 is 0 Å². The van der Waals surface area contributed by atoms with E-state index in [2.05, 4.69) is 38.7 Å². The van der Waals surface area contributed by atoms with Gasteiger partial charge >= 0.3 is 0 Å². The Kier molecular flexibility index (Phi) is 3.77. The molecule has 122 valence electrons. The monoisotopic (exact) mass is 303 g/mol. The number of hydrogen-bond donors (Lipinski definition) is 1. The molecule has 0 aromatic heterocycles. The fourth-order valence-electron chi connectivity index (χ4n) is 4.66. The Labute approximate surface area is 134 Å². The van der Waals surface area contributed by atoms with Crippen molar-refractivity contribution in [3.8, 4) is 5.75 Å². The lowest BCUT2D eigenvalue weighted by Crippen LogP contribution is -2.64. The fraction of sp³-hybridized carbons (Fsp3) is 0.684. The first-order chi connectivity index (χ1) is 10.3. The summed E-state index contributed by atoms with van der Waals surface area (Å²) in [6.07, 6.45) is 2.30. The van der Waals surface area contributed by atoms with Gasteiger partial charge in [0.2, 0.25) is 0 Å². The van der Waals surface area contributed by atoms with Crippen LogP contribution in [0.2, 0.25) is 0 Å². The number of benzene rings is 1. The highest BCUT2D eigenvalue weighted by molar-refractivity contribution is 5.48. The second-order valence-electron chi connectivity index (χ2n) is 7.87. The number of aromatic hydroxyl groups is 1. The number of methoxy groups -OCH3 is 1. The van der Waals surface area contributed by atoms with Gasteiger partial charge in [-0.05, 0) is 48.9 Å². The van der Waals surface area contributed by atoms with Crippen molar-refractivity contribution in [2.24, 2.45) is 5.41 Å². The average molecular weight is 303 g/mol. The molecule has 0 spiro atoms. The van der Waals surface area contributed by atoms with Gasteiger partial charge in [0, 0.05) is 25.1 Å². The molecule has 1 aromatic carbocycles. The molecule has 3 rings (SSSR count). The number of piperidine rings is 1. The van der Waals surface area contributed by atoms with Gasteiger partial charge in [-0.2, -0.15) is 0 Å². The lowest BCUT2D eigenvalue weighted by Gasteiger charge is -2.61. The Morgan fingerprint density at radius 1 is 1.36 bits per heavy atom. The summed E-state index contributed by atoms with van der Waals surface area (Å²) in [5.41, 5.74) is 2.81. The third kappa shape index (κ3) is 2.10. The molecule has 1 fully saturated rings. The minimum Gasteiger partial charge on any atom is -0.508 e. The fourth-order valence-corrected chi connectivity index (χ4v) is 4.66.